The Balaban J connectivity index is 2.01. The molecule has 3 rings (SSSR count). The van der Waals surface area contributed by atoms with Crippen LogP contribution in [0.4, 0.5) is 4.39 Å². The zero-order chi connectivity index (χ0) is 12.8. The Kier molecular flexibility index (Phi) is 2.48. The molecule has 0 atom stereocenters. The van der Waals surface area contributed by atoms with Crippen LogP contribution in [0.3, 0.4) is 0 Å². The van der Waals surface area contributed by atoms with E-state index in [2.05, 4.69) is 0 Å². The van der Waals surface area contributed by atoms with E-state index in [-0.39, 0.29) is 11.6 Å². The summed E-state index contributed by atoms with van der Waals surface area (Å²) >= 11 is 0. The van der Waals surface area contributed by atoms with Crippen molar-refractivity contribution in [3.8, 4) is 0 Å². The lowest BCUT2D eigenvalue weighted by Crippen LogP contribution is -2.31. The van der Waals surface area contributed by atoms with Gasteiger partial charge in [0.2, 0.25) is 0 Å². The van der Waals surface area contributed by atoms with Crippen molar-refractivity contribution in [3.63, 3.8) is 0 Å². The van der Waals surface area contributed by atoms with Crippen molar-refractivity contribution >= 4 is 16.8 Å². The molecule has 1 aromatic heterocycles. The van der Waals surface area contributed by atoms with Gasteiger partial charge in [-0.15, -0.1) is 0 Å². The number of hydrogen-bond acceptors (Lipinski definition) is 3. The topological polar surface area (TPSA) is 50.4 Å². The first-order valence-electron chi connectivity index (χ1n) is 6.00. The molecule has 1 fully saturated rings. The highest BCUT2D eigenvalue weighted by Gasteiger charge is 2.37. The maximum absolute atomic E-state index is 13.1. The zero-order valence-electron chi connectivity index (χ0n) is 9.78. The Bertz CT molecular complexity index is 605. The van der Waals surface area contributed by atoms with Crippen LogP contribution in [0.1, 0.15) is 31.4 Å². The average molecular weight is 248 g/mol. The molecule has 1 saturated carbocycles. The second kappa shape index (κ2) is 3.92. The van der Waals surface area contributed by atoms with E-state index in [4.69, 9.17) is 4.42 Å². The standard InChI is InChI=1S/C14H13FO3/c15-10-1-2-12-9(7-10)8-13(18-12)14(17)5-3-11(16)4-6-14/h1-2,7-8,17H,3-6H2. The lowest BCUT2D eigenvalue weighted by Gasteiger charge is -2.29. The summed E-state index contributed by atoms with van der Waals surface area (Å²) in [6.07, 6.45) is 1.46. The summed E-state index contributed by atoms with van der Waals surface area (Å²) in [6, 6.07) is 5.91. The average Bonchev–Trinajstić information content (AvgIpc) is 2.77. The first kappa shape index (κ1) is 11.4. The molecule has 94 valence electrons. The van der Waals surface area contributed by atoms with Gasteiger partial charge in [-0.25, -0.2) is 4.39 Å². The number of ketones is 1. The largest absolute Gasteiger partial charge is 0.458 e. The van der Waals surface area contributed by atoms with Gasteiger partial charge in [0.25, 0.3) is 0 Å². The Morgan fingerprint density at radius 3 is 2.67 bits per heavy atom. The van der Waals surface area contributed by atoms with Crippen molar-refractivity contribution in [2.45, 2.75) is 31.3 Å². The van der Waals surface area contributed by atoms with Crippen LogP contribution in [-0.4, -0.2) is 10.9 Å². The highest BCUT2D eigenvalue weighted by atomic mass is 19.1. The third kappa shape index (κ3) is 1.82. The number of carbonyl (C=O) groups excluding carboxylic acids is 1. The van der Waals surface area contributed by atoms with Crippen molar-refractivity contribution in [3.05, 3.63) is 35.8 Å². The van der Waals surface area contributed by atoms with E-state index in [1.165, 1.54) is 12.1 Å². The van der Waals surface area contributed by atoms with Gasteiger partial charge in [0.1, 0.15) is 28.5 Å². The number of fused-ring (bicyclic) bond motifs is 1. The van der Waals surface area contributed by atoms with Crippen molar-refractivity contribution < 1.29 is 18.7 Å². The van der Waals surface area contributed by atoms with E-state index in [9.17, 15) is 14.3 Å². The molecule has 1 aromatic carbocycles. The van der Waals surface area contributed by atoms with Gasteiger partial charge in [-0.1, -0.05) is 0 Å². The smallest absolute Gasteiger partial charge is 0.136 e. The maximum Gasteiger partial charge on any atom is 0.136 e. The van der Waals surface area contributed by atoms with Crippen LogP contribution in [0.5, 0.6) is 0 Å². The van der Waals surface area contributed by atoms with Crippen molar-refractivity contribution in [1.29, 1.82) is 0 Å². The number of halogens is 1. The van der Waals surface area contributed by atoms with E-state index >= 15 is 0 Å². The third-order valence-electron chi connectivity index (χ3n) is 3.57. The first-order valence-corrected chi connectivity index (χ1v) is 6.00. The maximum atomic E-state index is 13.1. The molecule has 1 aliphatic rings. The minimum Gasteiger partial charge on any atom is -0.458 e. The summed E-state index contributed by atoms with van der Waals surface area (Å²) in [6.45, 7) is 0. The number of aliphatic hydroxyl groups is 1. The van der Waals surface area contributed by atoms with Gasteiger partial charge in [-0.05, 0) is 37.1 Å². The first-order chi connectivity index (χ1) is 8.57. The van der Waals surface area contributed by atoms with Gasteiger partial charge in [0.05, 0.1) is 0 Å². The summed E-state index contributed by atoms with van der Waals surface area (Å²) in [4.78, 5) is 11.2. The molecule has 1 aliphatic carbocycles. The molecule has 0 unspecified atom stereocenters. The van der Waals surface area contributed by atoms with Crippen molar-refractivity contribution in [2.24, 2.45) is 0 Å². The van der Waals surface area contributed by atoms with Gasteiger partial charge in [-0.2, -0.15) is 0 Å². The number of benzene rings is 1. The van der Waals surface area contributed by atoms with Crippen molar-refractivity contribution in [1.82, 2.24) is 0 Å². The second-order valence-electron chi connectivity index (χ2n) is 4.86. The SMILES string of the molecule is O=C1CCC(O)(c2cc3cc(F)ccc3o2)CC1. The summed E-state index contributed by atoms with van der Waals surface area (Å²) < 4.78 is 18.7. The van der Waals surface area contributed by atoms with Gasteiger partial charge < -0.3 is 9.52 Å². The lowest BCUT2D eigenvalue weighted by atomic mass is 9.82. The van der Waals surface area contributed by atoms with Crippen LogP contribution >= 0.6 is 0 Å². The monoisotopic (exact) mass is 248 g/mol. The number of rotatable bonds is 1. The van der Waals surface area contributed by atoms with E-state index < -0.39 is 5.60 Å². The predicted molar refractivity (Wildman–Crippen MR) is 63.5 cm³/mol. The molecule has 0 aliphatic heterocycles. The van der Waals surface area contributed by atoms with Gasteiger partial charge >= 0.3 is 0 Å². The molecule has 18 heavy (non-hydrogen) atoms. The van der Waals surface area contributed by atoms with E-state index in [1.807, 2.05) is 0 Å². The molecule has 1 heterocycles. The van der Waals surface area contributed by atoms with E-state index in [0.717, 1.165) is 0 Å². The molecule has 0 spiro atoms. The lowest BCUT2D eigenvalue weighted by molar-refractivity contribution is -0.126. The minimum atomic E-state index is -1.09. The van der Waals surface area contributed by atoms with Crippen LogP contribution < -0.4 is 0 Å². The minimum absolute atomic E-state index is 0.168. The molecule has 0 radical (unpaired) electrons. The summed E-state index contributed by atoms with van der Waals surface area (Å²) in [5.74, 6) is 0.262. The Morgan fingerprint density at radius 2 is 1.94 bits per heavy atom. The summed E-state index contributed by atoms with van der Waals surface area (Å²) in [5, 5.41) is 11.1. The second-order valence-corrected chi connectivity index (χ2v) is 4.86. The molecule has 2 aromatic rings. The Morgan fingerprint density at radius 1 is 1.22 bits per heavy atom. The Hall–Kier alpha value is -1.68. The zero-order valence-corrected chi connectivity index (χ0v) is 9.78. The molecule has 0 amide bonds. The van der Waals surface area contributed by atoms with Crippen LogP contribution in [0.2, 0.25) is 0 Å². The third-order valence-corrected chi connectivity index (χ3v) is 3.57. The van der Waals surface area contributed by atoms with E-state index in [1.54, 1.807) is 12.1 Å². The van der Waals surface area contributed by atoms with Crippen LogP contribution in [-0.2, 0) is 10.4 Å². The summed E-state index contributed by atoms with van der Waals surface area (Å²) in [5.41, 5.74) is -0.541. The molecule has 4 heteroatoms. The molecule has 1 N–H and O–H groups in total. The van der Waals surface area contributed by atoms with Crippen LogP contribution in [0, 0.1) is 5.82 Å². The highest BCUT2D eigenvalue weighted by molar-refractivity contribution is 5.80. The van der Waals surface area contributed by atoms with Crippen molar-refractivity contribution in [2.75, 3.05) is 0 Å². The number of hydrogen-bond donors (Lipinski definition) is 1. The molecular formula is C14H13FO3. The Labute approximate surface area is 103 Å². The number of furan rings is 1. The van der Waals surface area contributed by atoms with Gasteiger partial charge in [0.15, 0.2) is 0 Å². The van der Waals surface area contributed by atoms with Crippen LogP contribution in [0.15, 0.2) is 28.7 Å². The molecular weight excluding hydrogens is 235 g/mol. The molecule has 0 bridgehead atoms. The van der Waals surface area contributed by atoms with E-state index in [0.29, 0.717) is 42.4 Å². The van der Waals surface area contributed by atoms with Gasteiger partial charge in [-0.3, -0.25) is 4.79 Å². The fourth-order valence-electron chi connectivity index (χ4n) is 2.43. The number of Topliss-reactive ketones (excluding diaryl/α,β-unsaturated/α-hetero) is 1. The predicted octanol–water partition coefficient (Wildman–Crippen LogP) is 2.90. The fourth-order valence-corrected chi connectivity index (χ4v) is 2.43. The quantitative estimate of drug-likeness (QED) is 0.844. The van der Waals surface area contributed by atoms with Crippen LogP contribution in [0.25, 0.3) is 11.0 Å². The fraction of sp³-hybridized carbons (Fsp3) is 0.357. The number of carbonyl (C=O) groups is 1. The normalized spacial score (nSPS) is 19.3. The summed E-state index contributed by atoms with van der Waals surface area (Å²) in [7, 11) is 0. The molecule has 0 saturated heterocycles. The highest BCUT2D eigenvalue weighted by Crippen LogP contribution is 2.38. The molecule has 3 nitrogen and oxygen atoms in total. The van der Waals surface area contributed by atoms with Gasteiger partial charge in [0, 0.05) is 18.2 Å².